The zero-order chi connectivity index (χ0) is 15.2. The van der Waals surface area contributed by atoms with Gasteiger partial charge in [0.1, 0.15) is 0 Å². The maximum absolute atomic E-state index is 12.4. The quantitative estimate of drug-likeness (QED) is 0.838. The Morgan fingerprint density at radius 1 is 1.43 bits per heavy atom. The van der Waals surface area contributed by atoms with E-state index in [9.17, 15) is 4.79 Å². The maximum atomic E-state index is 12.4. The molecule has 0 radical (unpaired) electrons. The summed E-state index contributed by atoms with van der Waals surface area (Å²) in [5.41, 5.74) is 7.91. The number of carbonyl (C=O) groups excluding carboxylic acids is 1. The van der Waals surface area contributed by atoms with Gasteiger partial charge in [0.2, 0.25) is 0 Å². The predicted molar refractivity (Wildman–Crippen MR) is 85.9 cm³/mol. The van der Waals surface area contributed by atoms with Crippen molar-refractivity contribution in [3.63, 3.8) is 0 Å². The van der Waals surface area contributed by atoms with Crippen molar-refractivity contribution in [1.29, 1.82) is 0 Å². The van der Waals surface area contributed by atoms with Crippen LogP contribution >= 0.6 is 0 Å². The molecule has 112 valence electrons. The van der Waals surface area contributed by atoms with Gasteiger partial charge in [0.05, 0.1) is 6.54 Å². The second-order valence-electron chi connectivity index (χ2n) is 5.91. The van der Waals surface area contributed by atoms with Gasteiger partial charge in [0.15, 0.2) is 0 Å². The first-order valence-electron chi connectivity index (χ1n) is 7.69. The van der Waals surface area contributed by atoms with Crippen molar-refractivity contribution in [2.45, 2.75) is 33.1 Å². The van der Waals surface area contributed by atoms with E-state index in [-0.39, 0.29) is 5.91 Å². The molecule has 2 unspecified atom stereocenters. The molecular formula is C18H24N2O. The number of aryl methyl sites for hydroxylation is 1. The number of benzene rings is 1. The SMILES string of the molecule is Cc1ccc(C#CCN)cc1C(=O)NCC1CCCC1C. The molecule has 0 aliphatic heterocycles. The van der Waals surface area contributed by atoms with Gasteiger partial charge in [0.25, 0.3) is 5.91 Å². The number of hydrogen-bond donors (Lipinski definition) is 2. The van der Waals surface area contributed by atoms with Crippen molar-refractivity contribution < 1.29 is 4.79 Å². The summed E-state index contributed by atoms with van der Waals surface area (Å²) in [6.45, 7) is 5.33. The molecule has 3 N–H and O–H groups in total. The minimum atomic E-state index is 0.00278. The van der Waals surface area contributed by atoms with Crippen LogP contribution in [0.1, 0.15) is 47.7 Å². The fraction of sp³-hybridized carbons (Fsp3) is 0.500. The summed E-state index contributed by atoms with van der Waals surface area (Å²) >= 11 is 0. The van der Waals surface area contributed by atoms with Gasteiger partial charge in [0, 0.05) is 17.7 Å². The lowest BCUT2D eigenvalue weighted by molar-refractivity contribution is 0.0944. The van der Waals surface area contributed by atoms with Crippen LogP contribution in [0.25, 0.3) is 0 Å². The van der Waals surface area contributed by atoms with Crippen molar-refractivity contribution in [3.8, 4) is 11.8 Å². The highest BCUT2D eigenvalue weighted by atomic mass is 16.1. The highest BCUT2D eigenvalue weighted by molar-refractivity contribution is 5.96. The smallest absolute Gasteiger partial charge is 0.251 e. The van der Waals surface area contributed by atoms with Gasteiger partial charge in [-0.1, -0.05) is 37.7 Å². The predicted octanol–water partition coefficient (Wildman–Crippen LogP) is 2.47. The molecule has 1 amide bonds. The van der Waals surface area contributed by atoms with E-state index in [1.165, 1.54) is 19.3 Å². The first-order valence-corrected chi connectivity index (χ1v) is 7.69. The van der Waals surface area contributed by atoms with Crippen molar-refractivity contribution in [2.24, 2.45) is 17.6 Å². The zero-order valence-electron chi connectivity index (χ0n) is 12.9. The molecule has 1 aromatic carbocycles. The molecule has 2 rings (SSSR count). The van der Waals surface area contributed by atoms with Crippen molar-refractivity contribution in [2.75, 3.05) is 13.1 Å². The van der Waals surface area contributed by atoms with E-state index in [4.69, 9.17) is 5.73 Å². The molecular weight excluding hydrogens is 260 g/mol. The summed E-state index contributed by atoms with van der Waals surface area (Å²) < 4.78 is 0. The lowest BCUT2D eigenvalue weighted by atomic mass is 9.98. The molecule has 1 aliphatic rings. The lowest BCUT2D eigenvalue weighted by Crippen LogP contribution is -2.30. The summed E-state index contributed by atoms with van der Waals surface area (Å²) in [5, 5.41) is 3.08. The molecule has 0 aromatic heterocycles. The van der Waals surface area contributed by atoms with Gasteiger partial charge in [-0.05, 0) is 42.9 Å². The van der Waals surface area contributed by atoms with Crippen LogP contribution in [0.15, 0.2) is 18.2 Å². The van der Waals surface area contributed by atoms with E-state index in [0.29, 0.717) is 23.9 Å². The van der Waals surface area contributed by atoms with Crippen LogP contribution in [0.5, 0.6) is 0 Å². The standard InChI is InChI=1S/C18H24N2O/c1-13-5-3-7-16(13)12-20-18(21)17-11-15(6-4-10-19)9-8-14(17)2/h8-9,11,13,16H,3,5,7,10,12,19H2,1-2H3,(H,20,21). The van der Waals surface area contributed by atoms with Gasteiger partial charge in [-0.15, -0.1) is 0 Å². The molecule has 1 aromatic rings. The van der Waals surface area contributed by atoms with Crippen LogP contribution in [-0.2, 0) is 0 Å². The second kappa shape index (κ2) is 7.28. The fourth-order valence-corrected chi connectivity index (χ4v) is 2.94. The average molecular weight is 284 g/mol. The molecule has 0 saturated heterocycles. The summed E-state index contributed by atoms with van der Waals surface area (Å²) in [7, 11) is 0. The Labute approximate surface area is 127 Å². The lowest BCUT2D eigenvalue weighted by Gasteiger charge is -2.16. The Bertz CT molecular complexity index is 568. The first kappa shape index (κ1) is 15.6. The highest BCUT2D eigenvalue weighted by Gasteiger charge is 2.23. The minimum Gasteiger partial charge on any atom is -0.352 e. The van der Waals surface area contributed by atoms with E-state index in [2.05, 4.69) is 24.1 Å². The number of amides is 1. The van der Waals surface area contributed by atoms with Crippen molar-refractivity contribution in [1.82, 2.24) is 5.32 Å². The van der Waals surface area contributed by atoms with Gasteiger partial charge < -0.3 is 11.1 Å². The maximum Gasteiger partial charge on any atom is 0.251 e. The van der Waals surface area contributed by atoms with Crippen LogP contribution in [0.3, 0.4) is 0 Å². The number of nitrogens with two attached hydrogens (primary N) is 1. The number of rotatable bonds is 3. The van der Waals surface area contributed by atoms with E-state index in [1.54, 1.807) is 0 Å². The van der Waals surface area contributed by atoms with Gasteiger partial charge in [-0.25, -0.2) is 0 Å². The second-order valence-corrected chi connectivity index (χ2v) is 5.91. The summed E-state index contributed by atoms with van der Waals surface area (Å²) in [5.74, 6) is 7.13. The molecule has 21 heavy (non-hydrogen) atoms. The Balaban J connectivity index is 2.04. The molecule has 1 saturated carbocycles. The van der Waals surface area contributed by atoms with E-state index in [0.717, 1.165) is 17.7 Å². The molecule has 1 aliphatic carbocycles. The molecule has 0 bridgehead atoms. The first-order chi connectivity index (χ1) is 10.1. The van der Waals surface area contributed by atoms with Crippen LogP contribution in [0.2, 0.25) is 0 Å². The van der Waals surface area contributed by atoms with Crippen LogP contribution in [0.4, 0.5) is 0 Å². The third-order valence-corrected chi connectivity index (χ3v) is 4.38. The fourth-order valence-electron chi connectivity index (χ4n) is 2.94. The Morgan fingerprint density at radius 2 is 2.24 bits per heavy atom. The minimum absolute atomic E-state index is 0.00278. The van der Waals surface area contributed by atoms with Gasteiger partial charge in [-0.2, -0.15) is 0 Å². The Hall–Kier alpha value is -1.79. The molecule has 3 heteroatoms. The summed E-state index contributed by atoms with van der Waals surface area (Å²) in [6.07, 6.45) is 3.79. The van der Waals surface area contributed by atoms with Crippen molar-refractivity contribution >= 4 is 5.91 Å². The van der Waals surface area contributed by atoms with Crippen LogP contribution in [-0.4, -0.2) is 19.0 Å². The average Bonchev–Trinajstić information content (AvgIpc) is 2.89. The molecule has 0 heterocycles. The summed E-state index contributed by atoms with van der Waals surface area (Å²) in [4.78, 5) is 12.4. The third kappa shape index (κ3) is 4.09. The summed E-state index contributed by atoms with van der Waals surface area (Å²) in [6, 6.07) is 5.72. The normalized spacial score (nSPS) is 20.7. The molecule has 0 spiro atoms. The largest absolute Gasteiger partial charge is 0.352 e. The number of nitrogens with one attached hydrogen (secondary N) is 1. The third-order valence-electron chi connectivity index (χ3n) is 4.38. The van der Waals surface area contributed by atoms with Crippen molar-refractivity contribution in [3.05, 3.63) is 34.9 Å². The molecule has 1 fully saturated rings. The highest BCUT2D eigenvalue weighted by Crippen LogP contribution is 2.30. The van der Waals surface area contributed by atoms with Crippen LogP contribution in [0, 0.1) is 30.6 Å². The van der Waals surface area contributed by atoms with E-state index >= 15 is 0 Å². The Kier molecular flexibility index (Phi) is 5.41. The van der Waals surface area contributed by atoms with Gasteiger partial charge >= 0.3 is 0 Å². The van der Waals surface area contributed by atoms with Gasteiger partial charge in [-0.3, -0.25) is 4.79 Å². The molecule has 3 nitrogen and oxygen atoms in total. The molecule has 2 atom stereocenters. The van der Waals surface area contributed by atoms with Crippen LogP contribution < -0.4 is 11.1 Å². The number of hydrogen-bond acceptors (Lipinski definition) is 2. The van der Waals surface area contributed by atoms with E-state index < -0.39 is 0 Å². The zero-order valence-corrected chi connectivity index (χ0v) is 12.9. The number of carbonyl (C=O) groups is 1. The monoisotopic (exact) mass is 284 g/mol. The van der Waals surface area contributed by atoms with E-state index in [1.807, 2.05) is 25.1 Å². The topological polar surface area (TPSA) is 55.1 Å². The Morgan fingerprint density at radius 3 is 2.90 bits per heavy atom.